The highest BCUT2D eigenvalue weighted by molar-refractivity contribution is 7.90. The van der Waals surface area contributed by atoms with Crippen LogP contribution >= 0.6 is 11.6 Å². The average molecular weight is 735 g/mol. The van der Waals surface area contributed by atoms with Crippen LogP contribution < -0.4 is 19.1 Å². The third-order valence-corrected chi connectivity index (χ3v) is 10.4. The maximum Gasteiger partial charge on any atom is 0.274 e. The smallest absolute Gasteiger partial charge is 0.274 e. The molecule has 3 aromatic carbocycles. The zero-order chi connectivity index (χ0) is 36.5. The maximum absolute atomic E-state index is 15.7. The van der Waals surface area contributed by atoms with Gasteiger partial charge in [-0.2, -0.15) is 0 Å². The van der Waals surface area contributed by atoms with Gasteiger partial charge in [0.05, 0.1) is 15.5 Å². The van der Waals surface area contributed by atoms with Crippen LogP contribution in [0, 0.1) is 5.82 Å². The maximum atomic E-state index is 15.7. The minimum absolute atomic E-state index is 0.0620. The molecule has 3 heterocycles. The van der Waals surface area contributed by atoms with Gasteiger partial charge in [0.25, 0.3) is 27.7 Å². The number of benzene rings is 3. The molecule has 2 aliphatic heterocycles. The fraction of sp³-hybridized carbons (Fsp3) is 0.297. The molecule has 0 aliphatic carbocycles. The first kappa shape index (κ1) is 35.8. The molecule has 6 rings (SSSR count). The summed E-state index contributed by atoms with van der Waals surface area (Å²) in [5, 5.41) is 0.362. The van der Waals surface area contributed by atoms with Crippen molar-refractivity contribution in [2.75, 3.05) is 18.0 Å². The van der Waals surface area contributed by atoms with Crippen LogP contribution in [0.2, 0.25) is 5.02 Å². The second-order valence-electron chi connectivity index (χ2n) is 12.8. The Labute approximate surface area is 300 Å². The van der Waals surface area contributed by atoms with Crippen molar-refractivity contribution >= 4 is 45.0 Å². The van der Waals surface area contributed by atoms with Gasteiger partial charge in [-0.3, -0.25) is 14.4 Å². The van der Waals surface area contributed by atoms with Gasteiger partial charge < -0.3 is 19.3 Å². The summed E-state index contributed by atoms with van der Waals surface area (Å²) in [6.07, 6.45) is 1.34. The van der Waals surface area contributed by atoms with Gasteiger partial charge in [-0.15, -0.1) is 0 Å². The number of carbonyl (C=O) groups is 3. The number of hydrogen-bond acceptors (Lipinski definition) is 8. The van der Waals surface area contributed by atoms with Crippen LogP contribution in [0.5, 0.6) is 11.6 Å². The summed E-state index contributed by atoms with van der Waals surface area (Å²) in [7, 11) is -4.12. The quantitative estimate of drug-likeness (QED) is 0.221. The Morgan fingerprint density at radius 3 is 2.43 bits per heavy atom. The Hall–Kier alpha value is -5.01. The lowest BCUT2D eigenvalue weighted by Gasteiger charge is -2.44. The fourth-order valence-corrected chi connectivity index (χ4v) is 7.39. The van der Waals surface area contributed by atoms with Crippen molar-refractivity contribution in [3.63, 3.8) is 0 Å². The second kappa shape index (κ2) is 14.3. The lowest BCUT2D eigenvalue weighted by Crippen LogP contribution is -2.58. The largest absolute Gasteiger partial charge is 0.480 e. The number of ether oxygens (including phenoxy) is 2. The van der Waals surface area contributed by atoms with Crippen molar-refractivity contribution in [2.45, 2.75) is 62.7 Å². The molecule has 0 radical (unpaired) electrons. The van der Waals surface area contributed by atoms with E-state index in [1.54, 1.807) is 85.2 Å². The van der Waals surface area contributed by atoms with E-state index in [0.29, 0.717) is 40.6 Å². The Morgan fingerprint density at radius 2 is 1.75 bits per heavy atom. The van der Waals surface area contributed by atoms with Gasteiger partial charge in [0, 0.05) is 30.9 Å². The Bertz CT molecular complexity index is 2090. The molecular weight excluding hydrogens is 699 g/mol. The fourth-order valence-electron chi connectivity index (χ4n) is 6.21. The standard InChI is InChI=1S/C37H36ClFN4O7S/c1-4-31(33(44)41-51(47,48)26-10-6-5-7-11-26)49-32-13-9-8-12-27(32)23-14-15-28(29(39)20-23)35(45)42-18-16-25(17-19-42)43-30-21-24(38)22-40-34(30)50-37(2,3)36(43)46/h5-15,20-22,25,31H,4,16-19H2,1-3H3,(H,41,44)/t31-/m1/s1. The second-order valence-corrected chi connectivity index (χ2v) is 14.9. The Balaban J connectivity index is 1.15. The highest BCUT2D eigenvalue weighted by Gasteiger charge is 2.45. The lowest BCUT2D eigenvalue weighted by atomic mass is 9.96. The average Bonchev–Trinajstić information content (AvgIpc) is 3.11. The Kier molecular flexibility index (Phi) is 10.0. The molecular formula is C37H36ClFN4O7S. The molecule has 4 aromatic rings. The normalized spacial score (nSPS) is 16.5. The van der Waals surface area contributed by atoms with Gasteiger partial charge in [0.15, 0.2) is 11.7 Å². The van der Waals surface area contributed by atoms with E-state index in [2.05, 4.69) is 9.71 Å². The molecule has 11 nitrogen and oxygen atoms in total. The van der Waals surface area contributed by atoms with Gasteiger partial charge in [0.2, 0.25) is 5.88 Å². The van der Waals surface area contributed by atoms with E-state index >= 15 is 4.39 Å². The van der Waals surface area contributed by atoms with Crippen molar-refractivity contribution in [3.8, 4) is 22.8 Å². The topological polar surface area (TPSA) is 135 Å². The third kappa shape index (κ3) is 7.40. The molecule has 1 fully saturated rings. The van der Waals surface area contributed by atoms with E-state index in [0.717, 1.165) is 0 Å². The van der Waals surface area contributed by atoms with Gasteiger partial charge in [-0.1, -0.05) is 61.0 Å². The molecule has 0 spiro atoms. The number of likely N-dealkylation sites (tertiary alicyclic amines) is 1. The summed E-state index contributed by atoms with van der Waals surface area (Å²) in [6.45, 7) is 5.61. The minimum atomic E-state index is -4.12. The predicted molar refractivity (Wildman–Crippen MR) is 189 cm³/mol. The monoisotopic (exact) mass is 734 g/mol. The molecule has 0 unspecified atom stereocenters. The molecule has 2 aliphatic rings. The number of fused-ring (bicyclic) bond motifs is 1. The van der Waals surface area contributed by atoms with Gasteiger partial charge in [-0.25, -0.2) is 22.5 Å². The van der Waals surface area contributed by atoms with Crippen LogP contribution in [-0.4, -0.2) is 66.9 Å². The van der Waals surface area contributed by atoms with Crippen molar-refractivity contribution in [3.05, 3.63) is 101 Å². The van der Waals surface area contributed by atoms with E-state index in [4.69, 9.17) is 21.1 Å². The molecule has 0 saturated carbocycles. The number of anilines is 1. The van der Waals surface area contributed by atoms with Crippen LogP contribution in [0.15, 0.2) is 90.0 Å². The molecule has 14 heteroatoms. The summed E-state index contributed by atoms with van der Waals surface area (Å²) in [5.74, 6) is -1.77. The number of carbonyl (C=O) groups excluding carboxylic acids is 3. The number of sulfonamides is 1. The van der Waals surface area contributed by atoms with Gasteiger partial charge in [-0.05, 0) is 75.1 Å². The van der Waals surface area contributed by atoms with E-state index < -0.39 is 39.4 Å². The number of nitrogens with zero attached hydrogens (tertiary/aromatic N) is 3. The molecule has 1 aromatic heterocycles. The van der Waals surface area contributed by atoms with Crippen molar-refractivity contribution in [2.24, 2.45) is 0 Å². The minimum Gasteiger partial charge on any atom is -0.480 e. The van der Waals surface area contributed by atoms with E-state index in [9.17, 15) is 22.8 Å². The summed E-state index contributed by atoms with van der Waals surface area (Å²) in [6, 6.07) is 19.8. The number of rotatable bonds is 9. The van der Waals surface area contributed by atoms with E-state index in [1.807, 2.05) is 0 Å². The predicted octanol–water partition coefficient (Wildman–Crippen LogP) is 6.01. The zero-order valence-corrected chi connectivity index (χ0v) is 29.7. The number of para-hydroxylation sites is 1. The number of aromatic nitrogens is 1. The number of nitrogens with one attached hydrogen (secondary N) is 1. The van der Waals surface area contributed by atoms with Crippen molar-refractivity contribution in [1.29, 1.82) is 0 Å². The summed E-state index contributed by atoms with van der Waals surface area (Å²) in [5.41, 5.74) is 0.0664. The zero-order valence-electron chi connectivity index (χ0n) is 28.1. The SMILES string of the molecule is CC[C@@H](Oc1ccccc1-c1ccc(C(=O)N2CCC(N3C(=O)C(C)(C)Oc4ncc(Cl)cc43)CC2)c(F)c1)C(=O)NS(=O)(=O)c1ccccc1. The molecule has 1 saturated heterocycles. The van der Waals surface area contributed by atoms with Crippen LogP contribution in [0.4, 0.5) is 10.1 Å². The van der Waals surface area contributed by atoms with E-state index in [-0.39, 0.29) is 47.7 Å². The van der Waals surface area contributed by atoms with Crippen LogP contribution in [-0.2, 0) is 19.6 Å². The first-order chi connectivity index (χ1) is 24.3. The highest BCUT2D eigenvalue weighted by atomic mass is 35.5. The molecule has 1 N–H and O–H groups in total. The summed E-state index contributed by atoms with van der Waals surface area (Å²) < 4.78 is 55.1. The van der Waals surface area contributed by atoms with E-state index in [1.165, 1.54) is 30.5 Å². The molecule has 3 amide bonds. The molecule has 1 atom stereocenters. The summed E-state index contributed by atoms with van der Waals surface area (Å²) in [4.78, 5) is 47.4. The highest BCUT2D eigenvalue weighted by Crippen LogP contribution is 2.40. The number of halogens is 2. The Morgan fingerprint density at radius 1 is 1.06 bits per heavy atom. The first-order valence-corrected chi connectivity index (χ1v) is 18.3. The number of pyridine rings is 1. The van der Waals surface area contributed by atoms with Crippen molar-refractivity contribution < 1.29 is 36.7 Å². The molecule has 51 heavy (non-hydrogen) atoms. The van der Waals surface area contributed by atoms with Crippen LogP contribution in [0.1, 0.15) is 50.4 Å². The third-order valence-electron chi connectivity index (χ3n) is 8.88. The van der Waals surface area contributed by atoms with Crippen LogP contribution in [0.25, 0.3) is 11.1 Å². The molecule has 266 valence electrons. The van der Waals surface area contributed by atoms with Crippen molar-refractivity contribution in [1.82, 2.24) is 14.6 Å². The lowest BCUT2D eigenvalue weighted by molar-refractivity contribution is -0.133. The number of piperidine rings is 1. The van der Waals surface area contributed by atoms with Gasteiger partial charge >= 0.3 is 0 Å². The summed E-state index contributed by atoms with van der Waals surface area (Å²) >= 11 is 6.20. The number of hydrogen-bond donors (Lipinski definition) is 1. The van der Waals surface area contributed by atoms with Crippen LogP contribution in [0.3, 0.4) is 0 Å². The number of amides is 3. The van der Waals surface area contributed by atoms with Gasteiger partial charge in [0.1, 0.15) is 17.3 Å². The molecule has 0 bridgehead atoms. The first-order valence-electron chi connectivity index (χ1n) is 16.4.